The highest BCUT2D eigenvalue weighted by molar-refractivity contribution is 5.97. The monoisotopic (exact) mass is 403 g/mol. The Kier molecular flexibility index (Phi) is 5.82. The first-order valence-electron chi connectivity index (χ1n) is 10.3. The molecule has 0 spiro atoms. The molecular weight excluding hydrogens is 378 g/mol. The van der Waals surface area contributed by atoms with Crippen LogP contribution in [-0.2, 0) is 4.79 Å². The summed E-state index contributed by atoms with van der Waals surface area (Å²) in [5.41, 5.74) is 2.54. The number of aromatic nitrogens is 1. The van der Waals surface area contributed by atoms with Gasteiger partial charge >= 0.3 is 0 Å². The van der Waals surface area contributed by atoms with E-state index in [-0.39, 0.29) is 43.0 Å². The second kappa shape index (κ2) is 8.68. The normalized spacial score (nSPS) is 22.6. The average molecular weight is 403 g/mol. The quantitative estimate of drug-likeness (QED) is 0.793. The van der Waals surface area contributed by atoms with Crippen LogP contribution in [0.5, 0.6) is 0 Å². The molecule has 1 aromatic carbocycles. The largest absolute Gasteiger partial charge is 0.394 e. The number of rotatable bonds is 4. The molecule has 3 atom stereocenters. The predicted molar refractivity (Wildman–Crippen MR) is 113 cm³/mol. The summed E-state index contributed by atoms with van der Waals surface area (Å²) >= 11 is 0. The second-order valence-electron chi connectivity index (χ2n) is 7.74. The lowest BCUT2D eigenvalue weighted by Crippen LogP contribution is -2.73. The summed E-state index contributed by atoms with van der Waals surface area (Å²) in [6.45, 7) is 2.49. The smallest absolute Gasteiger partial charge is 0.254 e. The third-order valence-electron chi connectivity index (χ3n) is 5.87. The van der Waals surface area contributed by atoms with Gasteiger partial charge in [0.1, 0.15) is 6.54 Å². The van der Waals surface area contributed by atoms with Gasteiger partial charge in [0.2, 0.25) is 5.91 Å². The molecule has 30 heavy (non-hydrogen) atoms. The van der Waals surface area contributed by atoms with Gasteiger partial charge in [-0.3, -0.25) is 14.6 Å². The number of benzene rings is 1. The average Bonchev–Trinajstić information content (AvgIpc) is 2.76. The first-order valence-corrected chi connectivity index (χ1v) is 10.3. The van der Waals surface area contributed by atoms with Crippen LogP contribution in [0.25, 0.3) is 0 Å². The van der Waals surface area contributed by atoms with Gasteiger partial charge in [-0.15, -0.1) is 0 Å². The highest BCUT2D eigenvalue weighted by Crippen LogP contribution is 2.43. The van der Waals surface area contributed by atoms with E-state index in [0.717, 1.165) is 24.0 Å². The minimum Gasteiger partial charge on any atom is -0.394 e. The van der Waals surface area contributed by atoms with Crippen molar-refractivity contribution in [2.45, 2.75) is 37.8 Å². The van der Waals surface area contributed by atoms with Crippen LogP contribution in [0.1, 0.15) is 47.2 Å². The standard InChI is InChI=1S/C24H25N3O3/c1-2-3-4-5-17-6-8-18(9-7-17)23-20-14-26(15-22(29)27(20)21(23)16-28)24(30)19-10-12-25-13-11-19/h6-13,20-21,23,28H,2-3,14-16H2,1H3/t20-,21+,23-/m0/s1. The fourth-order valence-electron chi connectivity index (χ4n) is 4.41. The predicted octanol–water partition coefficient (Wildman–Crippen LogP) is 2.04. The number of aliphatic hydroxyl groups excluding tert-OH is 1. The van der Waals surface area contributed by atoms with Gasteiger partial charge in [0.05, 0.1) is 18.7 Å². The Morgan fingerprint density at radius 1 is 1.20 bits per heavy atom. The zero-order valence-corrected chi connectivity index (χ0v) is 17.0. The number of carbonyl (C=O) groups is 2. The van der Waals surface area contributed by atoms with Crippen LogP contribution in [0, 0.1) is 11.8 Å². The van der Waals surface area contributed by atoms with E-state index in [2.05, 4.69) is 23.7 Å². The molecule has 2 aliphatic rings. The van der Waals surface area contributed by atoms with Gasteiger partial charge in [-0.05, 0) is 36.2 Å². The summed E-state index contributed by atoms with van der Waals surface area (Å²) in [6.07, 6.45) is 5.05. The van der Waals surface area contributed by atoms with Crippen molar-refractivity contribution in [3.05, 3.63) is 65.5 Å². The zero-order valence-electron chi connectivity index (χ0n) is 17.0. The van der Waals surface area contributed by atoms with E-state index < -0.39 is 0 Å². The van der Waals surface area contributed by atoms with E-state index in [1.165, 1.54) is 0 Å². The topological polar surface area (TPSA) is 73.7 Å². The van der Waals surface area contributed by atoms with E-state index in [1.54, 1.807) is 34.3 Å². The van der Waals surface area contributed by atoms with E-state index in [4.69, 9.17) is 0 Å². The minimum atomic E-state index is -0.252. The summed E-state index contributed by atoms with van der Waals surface area (Å²) in [6, 6.07) is 10.9. The Hall–Kier alpha value is -3.17. The SMILES string of the molecule is CCCC#Cc1ccc([C@@H]2[C@@H](CO)N3C(=O)CN(C(=O)c4ccncc4)C[C@@H]23)cc1. The van der Waals surface area contributed by atoms with Crippen LogP contribution in [-0.4, -0.2) is 63.5 Å². The number of amides is 2. The number of piperazine rings is 1. The molecule has 2 fully saturated rings. The molecule has 2 saturated heterocycles. The Balaban J connectivity index is 1.54. The van der Waals surface area contributed by atoms with E-state index >= 15 is 0 Å². The molecule has 2 amide bonds. The maximum atomic E-state index is 12.8. The summed E-state index contributed by atoms with van der Waals surface area (Å²) in [7, 11) is 0. The van der Waals surface area contributed by atoms with Crippen LogP contribution >= 0.6 is 0 Å². The van der Waals surface area contributed by atoms with Crippen LogP contribution in [0.3, 0.4) is 0 Å². The Bertz CT molecular complexity index is 978. The molecule has 0 radical (unpaired) electrons. The Morgan fingerprint density at radius 3 is 2.60 bits per heavy atom. The third-order valence-corrected chi connectivity index (χ3v) is 5.87. The van der Waals surface area contributed by atoms with Gasteiger partial charge in [-0.25, -0.2) is 0 Å². The molecule has 2 aliphatic heterocycles. The summed E-state index contributed by atoms with van der Waals surface area (Å²) < 4.78 is 0. The van der Waals surface area contributed by atoms with Crippen molar-refractivity contribution in [3.63, 3.8) is 0 Å². The van der Waals surface area contributed by atoms with Crippen molar-refractivity contribution in [2.75, 3.05) is 19.7 Å². The molecule has 1 N–H and O–H groups in total. The molecule has 6 heteroatoms. The molecule has 154 valence electrons. The number of nitrogens with zero attached hydrogens (tertiary/aromatic N) is 3. The fraction of sp³-hybridized carbons (Fsp3) is 0.375. The van der Waals surface area contributed by atoms with Gasteiger partial charge in [0, 0.05) is 42.4 Å². The first-order chi connectivity index (χ1) is 14.6. The molecule has 6 nitrogen and oxygen atoms in total. The van der Waals surface area contributed by atoms with E-state index in [1.807, 2.05) is 24.3 Å². The van der Waals surface area contributed by atoms with Crippen LogP contribution in [0.2, 0.25) is 0 Å². The molecule has 0 aliphatic carbocycles. The van der Waals surface area contributed by atoms with Gasteiger partial charge in [-0.2, -0.15) is 0 Å². The summed E-state index contributed by atoms with van der Waals surface area (Å²) in [4.78, 5) is 32.9. The van der Waals surface area contributed by atoms with Gasteiger partial charge < -0.3 is 14.9 Å². The number of fused-ring (bicyclic) bond motifs is 1. The lowest BCUT2D eigenvalue weighted by atomic mass is 9.73. The van der Waals surface area contributed by atoms with E-state index in [0.29, 0.717) is 12.1 Å². The third kappa shape index (κ3) is 3.69. The minimum absolute atomic E-state index is 0.00959. The molecule has 4 rings (SSSR count). The number of carbonyl (C=O) groups excluding carboxylic acids is 2. The lowest BCUT2D eigenvalue weighted by Gasteiger charge is -2.58. The van der Waals surface area contributed by atoms with Crippen molar-refractivity contribution in [1.29, 1.82) is 0 Å². The van der Waals surface area contributed by atoms with Gasteiger partial charge in [0.15, 0.2) is 0 Å². The molecule has 0 bridgehead atoms. The van der Waals surface area contributed by atoms with Crippen molar-refractivity contribution < 1.29 is 14.7 Å². The van der Waals surface area contributed by atoms with E-state index in [9.17, 15) is 14.7 Å². The maximum Gasteiger partial charge on any atom is 0.254 e. The number of aliphatic hydroxyl groups is 1. The fourth-order valence-corrected chi connectivity index (χ4v) is 4.41. The second-order valence-corrected chi connectivity index (χ2v) is 7.74. The first kappa shape index (κ1) is 20.1. The van der Waals surface area contributed by atoms with Crippen molar-refractivity contribution in [2.24, 2.45) is 0 Å². The highest BCUT2D eigenvalue weighted by Gasteiger charge is 2.54. The number of unbranched alkanes of at least 4 members (excludes halogenated alkanes) is 1. The van der Waals surface area contributed by atoms with Crippen LogP contribution < -0.4 is 0 Å². The Morgan fingerprint density at radius 2 is 1.93 bits per heavy atom. The molecule has 3 heterocycles. The van der Waals surface area contributed by atoms with Gasteiger partial charge in [0.25, 0.3) is 5.91 Å². The molecular formula is C24H25N3O3. The summed E-state index contributed by atoms with van der Waals surface area (Å²) in [5.74, 6) is 6.00. The van der Waals surface area contributed by atoms with Crippen molar-refractivity contribution in [1.82, 2.24) is 14.8 Å². The molecule has 2 aromatic rings. The maximum absolute atomic E-state index is 12.8. The van der Waals surface area contributed by atoms with Crippen molar-refractivity contribution in [3.8, 4) is 11.8 Å². The molecule has 1 aromatic heterocycles. The molecule has 0 unspecified atom stereocenters. The van der Waals surface area contributed by atoms with Crippen molar-refractivity contribution >= 4 is 11.8 Å². The van der Waals surface area contributed by atoms with Gasteiger partial charge in [-0.1, -0.05) is 30.9 Å². The number of pyridine rings is 1. The van der Waals surface area contributed by atoms with Crippen LogP contribution in [0.15, 0.2) is 48.8 Å². The highest BCUT2D eigenvalue weighted by atomic mass is 16.3. The molecule has 0 saturated carbocycles. The summed E-state index contributed by atoms with van der Waals surface area (Å²) in [5, 5.41) is 9.92. The Labute approximate surface area is 176 Å². The lowest BCUT2D eigenvalue weighted by molar-refractivity contribution is -0.159. The number of hydrogen-bond donors (Lipinski definition) is 1. The van der Waals surface area contributed by atoms with Crippen LogP contribution in [0.4, 0.5) is 0 Å². The zero-order chi connectivity index (χ0) is 21.1. The number of hydrogen-bond acceptors (Lipinski definition) is 4.